The molecule has 0 spiro atoms. The largest absolute Gasteiger partial charge is 0.508 e. The summed E-state index contributed by atoms with van der Waals surface area (Å²) < 4.78 is 39.0. The van der Waals surface area contributed by atoms with Crippen LogP contribution in [0.5, 0.6) is 0 Å². The van der Waals surface area contributed by atoms with Gasteiger partial charge in [0, 0.05) is 37.5 Å². The maximum Gasteiger partial charge on any atom is 0.508 e. The van der Waals surface area contributed by atoms with Crippen LogP contribution in [0.4, 0.5) is 9.59 Å². The molecule has 3 aliphatic heterocycles. The van der Waals surface area contributed by atoms with E-state index in [4.69, 9.17) is 33.2 Å². The van der Waals surface area contributed by atoms with Gasteiger partial charge in [0.05, 0.1) is 67.4 Å². The topological polar surface area (TPSA) is 347 Å². The standard InChI is InChI=1S/C55H81NO21/c1-7-25-71-53(68)56-47-49(64)36(6)74-52(50(47)65)75-40-22-20-18-16-14-12-10-9-11-13-15-17-19-21-33(3)48(63)34(4)35(5)73-45(62)29-38(58)27-37(57)23-24-41(60)42(61)28-39(59)31-55(70)32-44(76-54(69)72-26-8-2)46(51(66)67)43(30-40)77-55/h7-22,33-44,46-50,52,57-61,63-65,70H,1-2,23-32H2,3-6H3,(H,56,68)(H,66,67)/b10-9+,13-11+,14-12+,17-15+,18-16+,21-19+,22-20+/t33-,34-,35?,36+,37+,38+,39-,40-,41+,42+,43-,44-,46-,47-,48+,49+,50-,52-,55+/m0/s1. The number of hydrogen-bond donors (Lipinski definition) is 11. The Morgan fingerprint density at radius 3 is 1.88 bits per heavy atom. The summed E-state index contributed by atoms with van der Waals surface area (Å²) in [7, 11) is 0. The number of nitrogens with one attached hydrogen (secondary N) is 1. The van der Waals surface area contributed by atoms with Crippen LogP contribution < -0.4 is 5.32 Å². The number of fused-ring (bicyclic) bond motifs is 2. The Morgan fingerprint density at radius 2 is 1.29 bits per heavy atom. The summed E-state index contributed by atoms with van der Waals surface area (Å²) in [6.45, 7) is 13.1. The monoisotopic (exact) mass is 1090 g/mol. The first-order valence-corrected chi connectivity index (χ1v) is 25.7. The van der Waals surface area contributed by atoms with E-state index in [1.807, 2.05) is 6.92 Å². The fraction of sp³-hybridized carbons (Fsp3) is 0.600. The minimum atomic E-state index is -2.50. The number of aliphatic carboxylic acids is 1. The summed E-state index contributed by atoms with van der Waals surface area (Å²) in [5.74, 6) is -7.36. The van der Waals surface area contributed by atoms with E-state index in [-0.39, 0.29) is 38.4 Å². The molecule has 2 fully saturated rings. The second kappa shape index (κ2) is 33.8. The molecular weight excluding hydrogens is 1010 g/mol. The van der Waals surface area contributed by atoms with Gasteiger partial charge in [0.25, 0.3) is 0 Å². The fourth-order valence-electron chi connectivity index (χ4n) is 8.79. The molecule has 1 unspecified atom stereocenters. The lowest BCUT2D eigenvalue weighted by Crippen LogP contribution is -2.64. The number of carbonyl (C=O) groups is 4. The molecule has 432 valence electrons. The molecule has 3 aliphatic rings. The number of ether oxygens (including phenoxy) is 7. The normalized spacial score (nSPS) is 39.8. The summed E-state index contributed by atoms with van der Waals surface area (Å²) in [6, 6.07) is -1.40. The van der Waals surface area contributed by atoms with Crippen molar-refractivity contribution in [2.24, 2.45) is 17.8 Å². The van der Waals surface area contributed by atoms with Crippen molar-refractivity contribution < 1.29 is 103 Å². The molecule has 0 aromatic carbocycles. The van der Waals surface area contributed by atoms with Crippen molar-refractivity contribution in [2.75, 3.05) is 13.2 Å². The summed E-state index contributed by atoms with van der Waals surface area (Å²) in [5, 5.41) is 113. The Kier molecular flexibility index (Phi) is 29.0. The molecular formula is C55H81NO21. The molecule has 77 heavy (non-hydrogen) atoms. The van der Waals surface area contributed by atoms with Crippen LogP contribution in [0.25, 0.3) is 0 Å². The van der Waals surface area contributed by atoms with E-state index in [0.29, 0.717) is 0 Å². The highest BCUT2D eigenvalue weighted by Gasteiger charge is 2.53. The molecule has 0 radical (unpaired) electrons. The predicted octanol–water partition coefficient (Wildman–Crippen LogP) is 3.01. The zero-order chi connectivity index (χ0) is 57.2. The smallest absolute Gasteiger partial charge is 0.481 e. The molecule has 1 amide bonds. The van der Waals surface area contributed by atoms with E-state index in [0.717, 1.165) is 0 Å². The molecule has 2 saturated heterocycles. The van der Waals surface area contributed by atoms with Crippen molar-refractivity contribution in [3.05, 3.63) is 110 Å². The van der Waals surface area contributed by atoms with Crippen molar-refractivity contribution >= 4 is 24.2 Å². The Labute approximate surface area is 449 Å². The average Bonchev–Trinajstić information content (AvgIpc) is 3.36. The van der Waals surface area contributed by atoms with Gasteiger partial charge >= 0.3 is 24.2 Å². The fourth-order valence-corrected chi connectivity index (χ4v) is 8.79. The van der Waals surface area contributed by atoms with E-state index in [1.165, 1.54) is 31.2 Å². The lowest BCUT2D eigenvalue weighted by atomic mass is 9.82. The molecule has 22 nitrogen and oxygen atoms in total. The van der Waals surface area contributed by atoms with Crippen LogP contribution in [0.2, 0.25) is 0 Å². The van der Waals surface area contributed by atoms with Gasteiger partial charge in [0.2, 0.25) is 0 Å². The van der Waals surface area contributed by atoms with Crippen molar-refractivity contribution in [3.8, 4) is 0 Å². The predicted molar refractivity (Wildman–Crippen MR) is 278 cm³/mol. The molecule has 11 N–H and O–H groups in total. The number of aliphatic hydroxyl groups excluding tert-OH is 8. The first kappa shape index (κ1) is 65.9. The number of aliphatic hydroxyl groups is 9. The third kappa shape index (κ3) is 23.3. The van der Waals surface area contributed by atoms with Crippen molar-refractivity contribution in [2.45, 2.75) is 177 Å². The summed E-state index contributed by atoms with van der Waals surface area (Å²) in [4.78, 5) is 51.2. The van der Waals surface area contributed by atoms with E-state index in [9.17, 15) is 70.2 Å². The number of alkyl carbamates (subject to hydrolysis) is 1. The van der Waals surface area contributed by atoms with Gasteiger partial charge in [0.15, 0.2) is 12.1 Å². The van der Waals surface area contributed by atoms with Crippen molar-refractivity contribution in [1.29, 1.82) is 0 Å². The zero-order valence-corrected chi connectivity index (χ0v) is 44.1. The van der Waals surface area contributed by atoms with Gasteiger partial charge in [0.1, 0.15) is 43.5 Å². The SMILES string of the molecule is C=CCOC(=O)N[C@@H]1[C@H](O)[C@H](O[C@H]2/C=C/C=C/C=C/C=C/C=C/C=C/C=C/[C@H](C)[C@@H](O)[C@@H](C)C(C)OC(=O)C[C@H](O)C[C@H](O)CC[C@@H](O)[C@H](O)C[C@H](O)C[C@]3(O)C[C@H](OC(=O)OCC=C)[C@@H](C(=O)O)[C@H](C2)O3)O[C@H](C)[C@H]1O. The number of esters is 1. The zero-order valence-electron chi connectivity index (χ0n) is 44.1. The lowest BCUT2D eigenvalue weighted by molar-refractivity contribution is -0.309. The van der Waals surface area contributed by atoms with Crippen LogP contribution >= 0.6 is 0 Å². The minimum Gasteiger partial charge on any atom is -0.481 e. The Morgan fingerprint density at radius 1 is 0.701 bits per heavy atom. The molecule has 0 aromatic rings. The quantitative estimate of drug-likeness (QED) is 0.0898. The number of hydrogen-bond acceptors (Lipinski definition) is 20. The third-order valence-corrected chi connectivity index (χ3v) is 13.1. The summed E-state index contributed by atoms with van der Waals surface area (Å²) >= 11 is 0. The van der Waals surface area contributed by atoms with Crippen LogP contribution in [-0.4, -0.2) is 186 Å². The van der Waals surface area contributed by atoms with E-state index in [1.54, 1.807) is 86.8 Å². The first-order chi connectivity index (χ1) is 36.5. The van der Waals surface area contributed by atoms with Gasteiger partial charge in [-0.1, -0.05) is 124 Å². The highest BCUT2D eigenvalue weighted by molar-refractivity contribution is 5.72. The number of cyclic esters (lactones) is 1. The van der Waals surface area contributed by atoms with Gasteiger partial charge in [-0.05, 0) is 33.1 Å². The van der Waals surface area contributed by atoms with E-state index in [2.05, 4.69) is 18.5 Å². The number of carbonyl (C=O) groups excluding carboxylic acids is 3. The maximum absolute atomic E-state index is 13.1. The second-order valence-corrected chi connectivity index (χ2v) is 19.5. The third-order valence-electron chi connectivity index (χ3n) is 13.1. The van der Waals surface area contributed by atoms with Gasteiger partial charge < -0.3 is 89.5 Å². The average molecular weight is 1090 g/mol. The summed E-state index contributed by atoms with van der Waals surface area (Å²) in [5.41, 5.74) is 0. The molecule has 2 bridgehead atoms. The van der Waals surface area contributed by atoms with Gasteiger partial charge in [-0.2, -0.15) is 0 Å². The van der Waals surface area contributed by atoms with Gasteiger partial charge in [-0.25, -0.2) is 9.59 Å². The number of carboxylic acid groups (broad SMARTS) is 1. The molecule has 3 rings (SSSR count). The maximum atomic E-state index is 13.1. The van der Waals surface area contributed by atoms with E-state index < -0.39 is 166 Å². The lowest BCUT2D eigenvalue weighted by Gasteiger charge is -2.46. The molecule has 0 aliphatic carbocycles. The second-order valence-electron chi connectivity index (χ2n) is 19.5. The Balaban J connectivity index is 2.02. The number of rotatable bonds is 9. The minimum absolute atomic E-state index is 0.160. The van der Waals surface area contributed by atoms with Crippen molar-refractivity contribution in [1.82, 2.24) is 5.32 Å². The number of allylic oxidation sites excluding steroid dienone is 12. The first-order valence-electron chi connectivity index (χ1n) is 25.7. The molecule has 0 saturated carbocycles. The van der Waals surface area contributed by atoms with Gasteiger partial charge in [-0.3, -0.25) is 9.59 Å². The molecule has 3 heterocycles. The highest BCUT2D eigenvalue weighted by atomic mass is 16.7. The number of carboxylic acids is 1. The summed E-state index contributed by atoms with van der Waals surface area (Å²) in [6.07, 6.45) is 0.695. The van der Waals surface area contributed by atoms with Crippen LogP contribution in [0.15, 0.2) is 110 Å². The van der Waals surface area contributed by atoms with Crippen LogP contribution in [0.3, 0.4) is 0 Å². The van der Waals surface area contributed by atoms with Crippen LogP contribution in [-0.2, 0) is 42.7 Å². The molecule has 22 heteroatoms. The number of amides is 1. The Bertz CT molecular complexity index is 2070. The van der Waals surface area contributed by atoms with Crippen LogP contribution in [0.1, 0.15) is 79.1 Å². The molecule has 19 atom stereocenters. The van der Waals surface area contributed by atoms with Crippen molar-refractivity contribution in [3.63, 3.8) is 0 Å². The highest BCUT2D eigenvalue weighted by Crippen LogP contribution is 2.40. The Hall–Kier alpha value is -5.34. The molecule has 0 aromatic heterocycles. The van der Waals surface area contributed by atoms with Crippen LogP contribution in [0, 0.1) is 17.8 Å². The van der Waals surface area contributed by atoms with E-state index >= 15 is 0 Å². The van der Waals surface area contributed by atoms with Gasteiger partial charge in [-0.15, -0.1) is 0 Å².